The number of nitro benzene ring substituents is 1. The zero-order valence-electron chi connectivity index (χ0n) is 7.40. The summed E-state index contributed by atoms with van der Waals surface area (Å²) in [5.74, 6) is 0. The quantitative estimate of drug-likeness (QED) is 0.477. The lowest BCUT2D eigenvalue weighted by Gasteiger charge is -2.02. The Morgan fingerprint density at radius 2 is 2.00 bits per heavy atom. The molecule has 0 spiro atoms. The number of hydrogen-bond donors (Lipinski definition) is 0. The fourth-order valence-electron chi connectivity index (χ4n) is 0.986. The Morgan fingerprint density at radius 1 is 1.47 bits per heavy atom. The van der Waals surface area contributed by atoms with E-state index in [0.717, 1.165) is 12.1 Å². The Kier molecular flexibility index (Phi) is 3.37. The minimum absolute atomic E-state index is 0.451. The molecule has 1 rings (SSSR count). The molecule has 0 bridgehead atoms. The second kappa shape index (κ2) is 4.07. The van der Waals surface area contributed by atoms with Crippen molar-refractivity contribution in [1.82, 2.24) is 0 Å². The van der Waals surface area contributed by atoms with Crippen LogP contribution in [0.15, 0.2) is 21.5 Å². The first-order valence-electron chi connectivity index (χ1n) is 3.62. The first kappa shape index (κ1) is 12.4. The molecule has 1 aromatic carbocycles. The van der Waals surface area contributed by atoms with Crippen LogP contribution in [0.4, 0.5) is 5.69 Å². The lowest BCUT2D eigenvalue weighted by molar-refractivity contribution is -0.387. The van der Waals surface area contributed by atoms with Gasteiger partial charge in [-0.3, -0.25) is 10.1 Å². The molecule has 0 heterocycles. The molecule has 0 saturated heterocycles. The molecule has 0 N–H and O–H groups in total. The molecule has 8 heteroatoms. The third-order valence-corrected chi connectivity index (χ3v) is 3.90. The lowest BCUT2D eigenvalue weighted by atomic mass is 10.2. The average molecular weight is 315 g/mol. The number of hydrogen-bond acceptors (Lipinski definition) is 4. The lowest BCUT2D eigenvalue weighted by Crippen LogP contribution is -1.99. The van der Waals surface area contributed by atoms with Gasteiger partial charge in [0.05, 0.1) is 4.92 Å². The maximum Gasteiger partial charge on any atom is 0.289 e. The number of nitrogens with zero attached hydrogens (tertiary/aromatic N) is 1. The molecule has 82 valence electrons. The van der Waals surface area contributed by atoms with Crippen LogP contribution < -0.4 is 0 Å². The van der Waals surface area contributed by atoms with Crippen molar-refractivity contribution in [2.75, 3.05) is 0 Å². The van der Waals surface area contributed by atoms with Crippen LogP contribution in [0.5, 0.6) is 0 Å². The van der Waals surface area contributed by atoms with Crippen molar-refractivity contribution in [2.24, 2.45) is 0 Å². The summed E-state index contributed by atoms with van der Waals surface area (Å²) in [5.41, 5.74) is 0.0384. The number of rotatable bonds is 2. The van der Waals surface area contributed by atoms with Crippen LogP contribution in [-0.4, -0.2) is 13.3 Å². The third kappa shape index (κ3) is 2.67. The normalized spacial score (nSPS) is 11.4. The molecule has 0 atom stereocenters. The van der Waals surface area contributed by atoms with Gasteiger partial charge in [0.1, 0.15) is 0 Å². The number of aryl methyl sites for hydroxylation is 1. The predicted octanol–water partition coefficient (Wildman–Crippen LogP) is 2.59. The molecule has 0 aliphatic heterocycles. The standard InChI is InChI=1S/C7H5BrClNO4S/c1-4-2-6(10(11)12)7(3-5(4)8)15(9,13)14/h2-3H,1H3. The summed E-state index contributed by atoms with van der Waals surface area (Å²) in [6.45, 7) is 1.61. The van der Waals surface area contributed by atoms with E-state index in [1.807, 2.05) is 0 Å². The van der Waals surface area contributed by atoms with Gasteiger partial charge in [0, 0.05) is 21.2 Å². The number of nitro groups is 1. The first-order valence-corrected chi connectivity index (χ1v) is 6.73. The van der Waals surface area contributed by atoms with Gasteiger partial charge >= 0.3 is 0 Å². The van der Waals surface area contributed by atoms with E-state index in [-0.39, 0.29) is 0 Å². The first-order chi connectivity index (χ1) is 6.73. The number of halogens is 2. The summed E-state index contributed by atoms with van der Waals surface area (Å²) < 4.78 is 22.6. The van der Waals surface area contributed by atoms with Crippen molar-refractivity contribution in [2.45, 2.75) is 11.8 Å². The van der Waals surface area contributed by atoms with Gasteiger partial charge in [0.15, 0.2) is 4.90 Å². The van der Waals surface area contributed by atoms with E-state index in [1.54, 1.807) is 6.92 Å². The maximum absolute atomic E-state index is 11.1. The van der Waals surface area contributed by atoms with Gasteiger partial charge in [0.2, 0.25) is 0 Å². The van der Waals surface area contributed by atoms with E-state index in [2.05, 4.69) is 15.9 Å². The van der Waals surface area contributed by atoms with Gasteiger partial charge in [-0.05, 0) is 18.6 Å². The molecular formula is C7H5BrClNO4S. The van der Waals surface area contributed by atoms with Crippen molar-refractivity contribution in [3.63, 3.8) is 0 Å². The van der Waals surface area contributed by atoms with E-state index in [1.165, 1.54) is 0 Å². The molecule has 0 amide bonds. The fourth-order valence-corrected chi connectivity index (χ4v) is 2.49. The highest BCUT2D eigenvalue weighted by atomic mass is 79.9. The Morgan fingerprint density at radius 3 is 2.40 bits per heavy atom. The average Bonchev–Trinajstić information content (AvgIpc) is 2.06. The molecule has 5 nitrogen and oxygen atoms in total. The van der Waals surface area contributed by atoms with Crippen LogP contribution in [0, 0.1) is 17.0 Å². The van der Waals surface area contributed by atoms with Gasteiger partial charge in [-0.25, -0.2) is 8.42 Å². The maximum atomic E-state index is 11.1. The van der Waals surface area contributed by atoms with Crippen molar-refractivity contribution >= 4 is 41.4 Å². The highest BCUT2D eigenvalue weighted by molar-refractivity contribution is 9.10. The van der Waals surface area contributed by atoms with E-state index in [4.69, 9.17) is 10.7 Å². The summed E-state index contributed by atoms with van der Waals surface area (Å²) in [4.78, 5) is 9.31. The SMILES string of the molecule is Cc1cc([N+](=O)[O-])c(S(=O)(=O)Cl)cc1Br. The van der Waals surface area contributed by atoms with Crippen LogP contribution in [0.2, 0.25) is 0 Å². The topological polar surface area (TPSA) is 77.3 Å². The highest BCUT2D eigenvalue weighted by Gasteiger charge is 2.25. The Labute approximate surface area is 98.7 Å². The Balaban J connectivity index is 3.64. The van der Waals surface area contributed by atoms with Crippen molar-refractivity contribution < 1.29 is 13.3 Å². The van der Waals surface area contributed by atoms with Gasteiger partial charge in [0.25, 0.3) is 14.7 Å². The minimum Gasteiger partial charge on any atom is -0.258 e. The van der Waals surface area contributed by atoms with Crippen LogP contribution in [0.1, 0.15) is 5.56 Å². The van der Waals surface area contributed by atoms with Gasteiger partial charge in [-0.2, -0.15) is 0 Å². The van der Waals surface area contributed by atoms with Crippen molar-refractivity contribution in [3.8, 4) is 0 Å². The van der Waals surface area contributed by atoms with Crippen LogP contribution >= 0.6 is 26.6 Å². The Hall–Kier alpha value is -0.660. The molecule has 1 aromatic rings. The highest BCUT2D eigenvalue weighted by Crippen LogP contribution is 2.32. The van der Waals surface area contributed by atoms with Crippen LogP contribution in [-0.2, 0) is 9.05 Å². The molecule has 0 unspecified atom stereocenters. The molecule has 15 heavy (non-hydrogen) atoms. The molecule has 0 aromatic heterocycles. The summed E-state index contributed by atoms with van der Waals surface area (Å²) in [6, 6.07) is 2.27. The summed E-state index contributed by atoms with van der Waals surface area (Å²) in [6.07, 6.45) is 0. The Bertz CT molecular complexity index is 528. The van der Waals surface area contributed by atoms with E-state index < -0.39 is 24.6 Å². The summed E-state index contributed by atoms with van der Waals surface area (Å²) in [7, 11) is 0.962. The van der Waals surface area contributed by atoms with E-state index in [9.17, 15) is 18.5 Å². The molecule has 0 radical (unpaired) electrons. The summed E-state index contributed by atoms with van der Waals surface area (Å²) in [5, 5.41) is 10.6. The minimum atomic E-state index is -4.12. The summed E-state index contributed by atoms with van der Waals surface area (Å²) >= 11 is 3.08. The molecule has 0 aliphatic rings. The molecule has 0 fully saturated rings. The van der Waals surface area contributed by atoms with Gasteiger partial charge in [-0.15, -0.1) is 0 Å². The molecule has 0 saturated carbocycles. The second-order valence-corrected chi connectivity index (χ2v) is 6.15. The zero-order chi connectivity index (χ0) is 11.8. The molecule has 0 aliphatic carbocycles. The smallest absolute Gasteiger partial charge is 0.258 e. The van der Waals surface area contributed by atoms with Crippen LogP contribution in [0.25, 0.3) is 0 Å². The van der Waals surface area contributed by atoms with E-state index >= 15 is 0 Å². The van der Waals surface area contributed by atoms with Crippen LogP contribution in [0.3, 0.4) is 0 Å². The monoisotopic (exact) mass is 313 g/mol. The largest absolute Gasteiger partial charge is 0.289 e. The predicted molar refractivity (Wildman–Crippen MR) is 58.6 cm³/mol. The van der Waals surface area contributed by atoms with Gasteiger partial charge < -0.3 is 0 Å². The van der Waals surface area contributed by atoms with Gasteiger partial charge in [-0.1, -0.05) is 15.9 Å². The van der Waals surface area contributed by atoms with Crippen molar-refractivity contribution in [3.05, 3.63) is 32.3 Å². The third-order valence-electron chi connectivity index (χ3n) is 1.70. The van der Waals surface area contributed by atoms with Crippen molar-refractivity contribution in [1.29, 1.82) is 0 Å². The fraction of sp³-hybridized carbons (Fsp3) is 0.143. The number of benzene rings is 1. The second-order valence-electron chi connectivity index (χ2n) is 2.76. The zero-order valence-corrected chi connectivity index (χ0v) is 10.6. The molecular weight excluding hydrogens is 310 g/mol. The van der Waals surface area contributed by atoms with E-state index in [0.29, 0.717) is 10.0 Å².